The summed E-state index contributed by atoms with van der Waals surface area (Å²) in [6, 6.07) is 19.1. The van der Waals surface area contributed by atoms with Crippen LogP contribution in [0.25, 0.3) is 22.0 Å². The standard InChI is InChI=1S/C35H34F3N3O3/c36-35(37,38)26-6-3-5-23(17-26)8-11-27-20-30(34(42)41-16-4-7-28(41)21-40-14-1-2-15-40)29-18-24(9-12-31(29)39-27)25-10-13-32-33(19-25)44-22-43-32/h3,5-6,9-10,12-13,17-20,28H,1-2,4,7-8,11,14-16,21-22H2/t28-/m0/s1. The van der Waals surface area contributed by atoms with Gasteiger partial charge in [0.1, 0.15) is 0 Å². The second-order valence-electron chi connectivity index (χ2n) is 12.0. The second-order valence-corrected chi connectivity index (χ2v) is 12.0. The van der Waals surface area contributed by atoms with E-state index in [1.54, 1.807) is 6.07 Å². The van der Waals surface area contributed by atoms with E-state index in [1.807, 2.05) is 47.4 Å². The molecule has 0 N–H and O–H groups in total. The lowest BCUT2D eigenvalue weighted by molar-refractivity contribution is -0.137. The Morgan fingerprint density at radius 1 is 0.864 bits per heavy atom. The lowest BCUT2D eigenvalue weighted by Crippen LogP contribution is -2.42. The fourth-order valence-electron chi connectivity index (χ4n) is 6.73. The molecular formula is C35H34F3N3O3. The quantitative estimate of drug-likeness (QED) is 0.226. The number of pyridine rings is 1. The number of nitrogens with zero attached hydrogens (tertiary/aromatic N) is 3. The number of rotatable bonds is 7. The third-order valence-corrected chi connectivity index (χ3v) is 9.03. The van der Waals surface area contributed by atoms with Crippen molar-refractivity contribution in [2.45, 2.75) is 50.7 Å². The molecule has 0 radical (unpaired) electrons. The Hall–Kier alpha value is -4.11. The van der Waals surface area contributed by atoms with Gasteiger partial charge in [0.2, 0.25) is 6.79 Å². The number of aromatic nitrogens is 1. The van der Waals surface area contributed by atoms with Crippen LogP contribution in [0.4, 0.5) is 13.2 Å². The minimum Gasteiger partial charge on any atom is -0.454 e. The smallest absolute Gasteiger partial charge is 0.416 e. The molecule has 4 aromatic rings. The van der Waals surface area contributed by atoms with Crippen LogP contribution in [0.3, 0.4) is 0 Å². The van der Waals surface area contributed by atoms with Gasteiger partial charge >= 0.3 is 6.18 Å². The number of likely N-dealkylation sites (tertiary alicyclic amines) is 2. The Morgan fingerprint density at radius 3 is 2.50 bits per heavy atom. The fraction of sp³-hybridized carbons (Fsp3) is 0.371. The number of ether oxygens (including phenoxy) is 2. The number of benzene rings is 3. The Balaban J connectivity index is 1.23. The van der Waals surface area contributed by atoms with Gasteiger partial charge in [0.05, 0.1) is 16.6 Å². The van der Waals surface area contributed by atoms with Crippen LogP contribution in [-0.2, 0) is 19.0 Å². The van der Waals surface area contributed by atoms with E-state index in [9.17, 15) is 18.0 Å². The zero-order valence-electron chi connectivity index (χ0n) is 24.4. The second kappa shape index (κ2) is 11.8. The number of hydrogen-bond acceptors (Lipinski definition) is 5. The maximum Gasteiger partial charge on any atom is 0.416 e. The number of carbonyl (C=O) groups is 1. The van der Waals surface area contributed by atoms with Crippen LogP contribution in [0.2, 0.25) is 0 Å². The minimum atomic E-state index is -4.40. The van der Waals surface area contributed by atoms with E-state index in [2.05, 4.69) is 4.90 Å². The molecule has 44 heavy (non-hydrogen) atoms. The third-order valence-electron chi connectivity index (χ3n) is 9.03. The molecule has 3 aliphatic heterocycles. The predicted octanol–water partition coefficient (Wildman–Crippen LogP) is 7.13. The van der Waals surface area contributed by atoms with E-state index in [-0.39, 0.29) is 18.7 Å². The van der Waals surface area contributed by atoms with E-state index >= 15 is 0 Å². The van der Waals surface area contributed by atoms with E-state index < -0.39 is 11.7 Å². The number of alkyl halides is 3. The molecule has 0 aliphatic carbocycles. The van der Waals surface area contributed by atoms with Crippen molar-refractivity contribution in [3.8, 4) is 22.6 Å². The van der Waals surface area contributed by atoms with Gasteiger partial charge in [-0.1, -0.05) is 30.3 Å². The summed E-state index contributed by atoms with van der Waals surface area (Å²) < 4.78 is 51.0. The summed E-state index contributed by atoms with van der Waals surface area (Å²) in [5, 5.41) is 0.764. The van der Waals surface area contributed by atoms with Crippen LogP contribution in [-0.4, -0.2) is 59.7 Å². The summed E-state index contributed by atoms with van der Waals surface area (Å²) in [5.74, 6) is 1.38. The van der Waals surface area contributed by atoms with Crippen LogP contribution >= 0.6 is 0 Å². The molecule has 6 nitrogen and oxygen atoms in total. The van der Waals surface area contributed by atoms with E-state index in [0.717, 1.165) is 55.1 Å². The fourth-order valence-corrected chi connectivity index (χ4v) is 6.73. The van der Waals surface area contributed by atoms with Crippen molar-refractivity contribution >= 4 is 16.8 Å². The number of aryl methyl sites for hydroxylation is 2. The van der Waals surface area contributed by atoms with E-state index in [1.165, 1.54) is 25.0 Å². The lowest BCUT2D eigenvalue weighted by Gasteiger charge is -2.29. The Morgan fingerprint density at radius 2 is 1.66 bits per heavy atom. The highest BCUT2D eigenvalue weighted by Gasteiger charge is 2.33. The zero-order valence-corrected chi connectivity index (χ0v) is 24.4. The maximum absolute atomic E-state index is 14.3. The van der Waals surface area contributed by atoms with Crippen molar-refractivity contribution in [2.75, 3.05) is 33.0 Å². The molecule has 9 heteroatoms. The first-order valence-corrected chi connectivity index (χ1v) is 15.3. The highest BCUT2D eigenvalue weighted by atomic mass is 19.4. The molecule has 3 aromatic carbocycles. The predicted molar refractivity (Wildman–Crippen MR) is 162 cm³/mol. The van der Waals surface area contributed by atoms with Crippen LogP contribution in [0.1, 0.15) is 52.9 Å². The summed E-state index contributed by atoms with van der Waals surface area (Å²) in [6.45, 7) is 3.95. The van der Waals surface area contributed by atoms with E-state index in [0.29, 0.717) is 53.2 Å². The van der Waals surface area contributed by atoms with Gasteiger partial charge in [0, 0.05) is 30.2 Å². The van der Waals surface area contributed by atoms with Crippen LogP contribution in [0, 0.1) is 0 Å². The largest absolute Gasteiger partial charge is 0.454 e. The van der Waals surface area contributed by atoms with Gasteiger partial charge in [0.15, 0.2) is 11.5 Å². The Bertz CT molecular complexity index is 1700. The van der Waals surface area contributed by atoms with Gasteiger partial charge in [0.25, 0.3) is 5.91 Å². The molecule has 1 atom stereocenters. The first-order chi connectivity index (χ1) is 21.3. The summed E-state index contributed by atoms with van der Waals surface area (Å²) in [7, 11) is 0. The van der Waals surface area contributed by atoms with Crippen LogP contribution in [0.5, 0.6) is 11.5 Å². The Kier molecular flexibility index (Phi) is 7.66. The zero-order chi connectivity index (χ0) is 30.3. The summed E-state index contributed by atoms with van der Waals surface area (Å²) in [6.07, 6.45) is 0.758. The number of amides is 1. The molecule has 3 aliphatic rings. The number of halogens is 3. The van der Waals surface area contributed by atoms with E-state index in [4.69, 9.17) is 14.5 Å². The molecule has 7 rings (SSSR count). The molecule has 4 heterocycles. The Labute approximate surface area is 254 Å². The number of fused-ring (bicyclic) bond motifs is 2. The molecule has 2 fully saturated rings. The minimum absolute atomic E-state index is 0.0118. The van der Waals surface area contributed by atoms with Gasteiger partial charge in [-0.25, -0.2) is 0 Å². The van der Waals surface area contributed by atoms with Gasteiger partial charge in [-0.05, 0) is 105 Å². The highest BCUT2D eigenvalue weighted by molar-refractivity contribution is 6.07. The van der Waals surface area contributed by atoms with Crippen molar-refractivity contribution in [3.63, 3.8) is 0 Å². The van der Waals surface area contributed by atoms with Crippen molar-refractivity contribution < 1.29 is 27.4 Å². The molecular weight excluding hydrogens is 567 g/mol. The van der Waals surface area contributed by atoms with Crippen molar-refractivity contribution in [1.82, 2.24) is 14.8 Å². The topological polar surface area (TPSA) is 54.9 Å². The van der Waals surface area contributed by atoms with Crippen molar-refractivity contribution in [1.29, 1.82) is 0 Å². The van der Waals surface area contributed by atoms with Crippen LogP contribution in [0.15, 0.2) is 66.7 Å². The number of carbonyl (C=O) groups excluding carboxylic acids is 1. The molecule has 0 spiro atoms. The normalized spacial score (nSPS) is 18.4. The molecule has 1 aromatic heterocycles. The lowest BCUT2D eigenvalue weighted by atomic mass is 9.98. The van der Waals surface area contributed by atoms with Gasteiger partial charge in [-0.15, -0.1) is 0 Å². The third kappa shape index (κ3) is 5.85. The molecule has 2 saturated heterocycles. The van der Waals surface area contributed by atoms with Gasteiger partial charge in [-0.2, -0.15) is 13.2 Å². The average Bonchev–Trinajstić information content (AvgIpc) is 3.81. The summed E-state index contributed by atoms with van der Waals surface area (Å²) in [4.78, 5) is 23.7. The monoisotopic (exact) mass is 601 g/mol. The van der Waals surface area contributed by atoms with Crippen molar-refractivity contribution in [2.24, 2.45) is 0 Å². The van der Waals surface area contributed by atoms with Crippen molar-refractivity contribution in [3.05, 3.63) is 89.1 Å². The molecule has 0 saturated carbocycles. The molecule has 0 bridgehead atoms. The highest BCUT2D eigenvalue weighted by Crippen LogP contribution is 2.37. The maximum atomic E-state index is 14.3. The van der Waals surface area contributed by atoms with Gasteiger partial charge < -0.3 is 19.3 Å². The summed E-state index contributed by atoms with van der Waals surface area (Å²) in [5.41, 5.74) is 3.75. The molecule has 0 unspecified atom stereocenters. The molecule has 228 valence electrons. The average molecular weight is 602 g/mol. The SMILES string of the molecule is O=C(c1cc(CCc2cccc(C(F)(F)F)c2)nc2ccc(-c3ccc4c(c3)OCO4)cc12)N1CCC[C@H]1CN1CCCC1. The first-order valence-electron chi connectivity index (χ1n) is 15.3. The first kappa shape index (κ1) is 28.6. The molecule has 1 amide bonds. The number of hydrogen-bond donors (Lipinski definition) is 0. The van der Waals surface area contributed by atoms with Gasteiger partial charge in [-0.3, -0.25) is 9.78 Å². The summed E-state index contributed by atoms with van der Waals surface area (Å²) >= 11 is 0. The van der Waals surface area contributed by atoms with Crippen LogP contribution < -0.4 is 9.47 Å².